The summed E-state index contributed by atoms with van der Waals surface area (Å²) < 4.78 is 39.6. The number of rotatable bonds is 7. The van der Waals surface area contributed by atoms with Gasteiger partial charge >= 0.3 is 0 Å². The second kappa shape index (κ2) is 11.2. The number of hydrogen-bond donors (Lipinski definition) is 1. The maximum atomic E-state index is 14.2. The van der Waals surface area contributed by atoms with Gasteiger partial charge in [0, 0.05) is 48.8 Å². The van der Waals surface area contributed by atoms with Crippen LogP contribution in [0, 0.1) is 5.82 Å². The largest absolute Gasteiger partial charge is 0.353 e. The van der Waals surface area contributed by atoms with Crippen molar-refractivity contribution in [1.29, 1.82) is 0 Å². The Balaban J connectivity index is 1.34. The molecule has 1 atom stereocenters. The Bertz CT molecular complexity index is 1140. The van der Waals surface area contributed by atoms with Gasteiger partial charge < -0.3 is 4.90 Å². The van der Waals surface area contributed by atoms with Crippen LogP contribution < -0.4 is 9.62 Å². The first-order valence-corrected chi connectivity index (χ1v) is 14.6. The molecule has 2 saturated heterocycles. The molecular weight excluding hydrogens is 512 g/mol. The Morgan fingerprint density at radius 2 is 1.89 bits per heavy atom. The number of sulfonamides is 1. The third-order valence-electron chi connectivity index (χ3n) is 6.86. The van der Waals surface area contributed by atoms with E-state index in [2.05, 4.69) is 31.3 Å². The molecule has 11 heteroatoms. The molecule has 7 nitrogen and oxygen atoms in total. The topological polar surface area (TPSA) is 68.8 Å². The van der Waals surface area contributed by atoms with E-state index in [1.165, 1.54) is 12.3 Å². The van der Waals surface area contributed by atoms with Crippen LogP contribution in [0.2, 0.25) is 10.0 Å². The van der Waals surface area contributed by atoms with Crippen LogP contribution in [0.3, 0.4) is 0 Å². The number of halogens is 3. The van der Waals surface area contributed by atoms with Crippen molar-refractivity contribution in [3.05, 3.63) is 51.9 Å². The van der Waals surface area contributed by atoms with Crippen LogP contribution in [0.25, 0.3) is 0 Å². The summed E-state index contributed by atoms with van der Waals surface area (Å²) in [6.07, 6.45) is 5.72. The molecule has 35 heavy (non-hydrogen) atoms. The van der Waals surface area contributed by atoms with Crippen LogP contribution in [0.5, 0.6) is 0 Å². The van der Waals surface area contributed by atoms with Crippen LogP contribution in [0.4, 0.5) is 15.9 Å². The van der Waals surface area contributed by atoms with Crippen molar-refractivity contribution in [3.8, 4) is 0 Å². The van der Waals surface area contributed by atoms with E-state index in [0.717, 1.165) is 58.2 Å². The molecule has 3 heterocycles. The van der Waals surface area contributed by atoms with Crippen LogP contribution >= 0.6 is 23.2 Å². The van der Waals surface area contributed by atoms with Gasteiger partial charge in [0.05, 0.1) is 23.2 Å². The van der Waals surface area contributed by atoms with Crippen LogP contribution in [-0.4, -0.2) is 74.3 Å². The molecule has 2 aliphatic heterocycles. The van der Waals surface area contributed by atoms with Gasteiger partial charge in [-0.05, 0) is 50.6 Å². The van der Waals surface area contributed by atoms with Crippen LogP contribution in [0.1, 0.15) is 31.7 Å². The molecule has 0 aliphatic carbocycles. The molecule has 2 aromatic rings. The Morgan fingerprint density at radius 1 is 1.14 bits per heavy atom. The van der Waals surface area contributed by atoms with Gasteiger partial charge in [0.15, 0.2) is 0 Å². The minimum atomic E-state index is -3.39. The highest BCUT2D eigenvalue weighted by atomic mass is 35.5. The zero-order chi connectivity index (χ0) is 25.2. The average molecular weight is 545 g/mol. The molecule has 1 aromatic carbocycles. The molecule has 0 bridgehead atoms. The maximum Gasteiger partial charge on any atom is 0.229 e. The smallest absolute Gasteiger partial charge is 0.229 e. The summed E-state index contributed by atoms with van der Waals surface area (Å²) in [6, 6.07) is 7.39. The van der Waals surface area contributed by atoms with Gasteiger partial charge in [-0.15, -0.1) is 0 Å². The summed E-state index contributed by atoms with van der Waals surface area (Å²) in [4.78, 5) is 11.6. The fourth-order valence-electron chi connectivity index (χ4n) is 5.14. The zero-order valence-corrected chi connectivity index (χ0v) is 22.4. The summed E-state index contributed by atoms with van der Waals surface area (Å²) in [6.45, 7) is 7.22. The van der Waals surface area contributed by atoms with Crippen molar-refractivity contribution >= 4 is 44.7 Å². The molecule has 4 rings (SSSR count). The number of anilines is 2. The van der Waals surface area contributed by atoms with Crippen molar-refractivity contribution < 1.29 is 12.8 Å². The first-order valence-electron chi connectivity index (χ1n) is 11.9. The first kappa shape index (κ1) is 26.4. The molecule has 0 unspecified atom stereocenters. The quantitative estimate of drug-likeness (QED) is 0.555. The van der Waals surface area contributed by atoms with Gasteiger partial charge in [-0.25, -0.2) is 17.8 Å². The monoisotopic (exact) mass is 543 g/mol. The van der Waals surface area contributed by atoms with Crippen molar-refractivity contribution in [3.63, 3.8) is 0 Å². The summed E-state index contributed by atoms with van der Waals surface area (Å²) in [5.41, 5.74) is 1.05. The lowest BCUT2D eigenvalue weighted by Crippen LogP contribution is -2.58. The molecule has 1 aromatic heterocycles. The minimum Gasteiger partial charge on any atom is -0.353 e. The Kier molecular flexibility index (Phi) is 8.43. The molecule has 0 saturated carbocycles. The van der Waals surface area contributed by atoms with Crippen LogP contribution in [0.15, 0.2) is 30.5 Å². The lowest BCUT2D eigenvalue weighted by Gasteiger charge is -2.47. The fraction of sp³-hybridized carbons (Fsp3) is 0.542. The summed E-state index contributed by atoms with van der Waals surface area (Å²) in [5, 5.41) is 0.859. The van der Waals surface area contributed by atoms with E-state index in [1.54, 1.807) is 18.2 Å². The van der Waals surface area contributed by atoms with E-state index in [1.807, 2.05) is 0 Å². The van der Waals surface area contributed by atoms with E-state index in [4.69, 9.17) is 23.2 Å². The van der Waals surface area contributed by atoms with Crippen molar-refractivity contribution in [1.82, 2.24) is 14.8 Å². The standard InChI is InChI=1S/C24H32Cl2FN5O2S/c1-3-20-16-31(24-22(26)13-19(14-28-24)29-35(2,33)34)10-11-32(20)21-6-8-30(9-7-21)15-17-4-5-18(25)12-23(17)27/h4-5,12-14,20-21,29H,3,6-11,15-16H2,1-2H3/t20-/m0/s1. The Labute approximate surface area is 217 Å². The number of nitrogens with zero attached hydrogens (tertiary/aromatic N) is 4. The van der Waals surface area contributed by atoms with Crippen molar-refractivity contribution in [2.45, 2.75) is 44.8 Å². The highest BCUT2D eigenvalue weighted by Gasteiger charge is 2.34. The number of piperidine rings is 1. The lowest BCUT2D eigenvalue weighted by atomic mass is 9.97. The molecule has 0 radical (unpaired) electrons. The molecular formula is C24H32Cl2FN5O2S. The number of hydrogen-bond acceptors (Lipinski definition) is 6. The van der Waals surface area contributed by atoms with Gasteiger partial charge in [-0.2, -0.15) is 0 Å². The number of pyridine rings is 1. The Morgan fingerprint density at radius 3 is 2.51 bits per heavy atom. The van der Waals surface area contributed by atoms with Gasteiger partial charge in [0.2, 0.25) is 10.0 Å². The SMILES string of the molecule is CC[C@H]1CN(c2ncc(NS(C)(=O)=O)cc2Cl)CCN1C1CCN(Cc2ccc(Cl)cc2F)CC1. The highest BCUT2D eigenvalue weighted by molar-refractivity contribution is 7.92. The van der Waals surface area contributed by atoms with Crippen molar-refractivity contribution in [2.24, 2.45) is 0 Å². The predicted molar refractivity (Wildman–Crippen MR) is 140 cm³/mol. The van der Waals surface area contributed by atoms with E-state index < -0.39 is 10.0 Å². The normalized spacial score (nSPS) is 20.8. The predicted octanol–water partition coefficient (Wildman–Crippen LogP) is 4.46. The fourth-order valence-corrected chi connectivity index (χ4v) is 6.12. The third-order valence-corrected chi connectivity index (χ3v) is 7.98. The van der Waals surface area contributed by atoms with E-state index in [9.17, 15) is 12.8 Å². The van der Waals surface area contributed by atoms with Gasteiger partial charge in [-0.1, -0.05) is 36.2 Å². The first-order chi connectivity index (χ1) is 16.6. The summed E-state index contributed by atoms with van der Waals surface area (Å²) >= 11 is 12.4. The number of piperazine rings is 1. The van der Waals surface area contributed by atoms with E-state index in [-0.39, 0.29) is 5.82 Å². The molecule has 0 spiro atoms. The number of aromatic nitrogens is 1. The van der Waals surface area contributed by atoms with E-state index >= 15 is 0 Å². The second-order valence-corrected chi connectivity index (χ2v) is 12.0. The number of nitrogens with one attached hydrogen (secondary N) is 1. The molecule has 2 fully saturated rings. The molecule has 1 N–H and O–H groups in total. The van der Waals surface area contributed by atoms with Crippen LogP contribution in [-0.2, 0) is 16.6 Å². The van der Waals surface area contributed by atoms with E-state index in [0.29, 0.717) is 45.7 Å². The lowest BCUT2D eigenvalue weighted by molar-refractivity contribution is 0.0607. The Hall–Kier alpha value is -1.65. The maximum absolute atomic E-state index is 14.2. The van der Waals surface area contributed by atoms with Gasteiger partial charge in [0.25, 0.3) is 0 Å². The van der Waals surface area contributed by atoms with Gasteiger partial charge in [0.1, 0.15) is 11.6 Å². The zero-order valence-electron chi connectivity index (χ0n) is 20.1. The molecule has 2 aliphatic rings. The van der Waals surface area contributed by atoms with Gasteiger partial charge in [-0.3, -0.25) is 14.5 Å². The number of benzene rings is 1. The second-order valence-electron chi connectivity index (χ2n) is 9.39. The minimum absolute atomic E-state index is 0.241. The third kappa shape index (κ3) is 6.77. The van der Waals surface area contributed by atoms with Crippen molar-refractivity contribution in [2.75, 3.05) is 48.6 Å². The molecule has 192 valence electrons. The summed E-state index contributed by atoms with van der Waals surface area (Å²) in [5.74, 6) is 0.442. The average Bonchev–Trinajstić information content (AvgIpc) is 2.80. The molecule has 0 amide bonds. The summed E-state index contributed by atoms with van der Waals surface area (Å²) in [7, 11) is -3.39. The highest BCUT2D eigenvalue weighted by Crippen LogP contribution is 2.31. The number of likely N-dealkylation sites (tertiary alicyclic amines) is 1.